The van der Waals surface area contributed by atoms with E-state index in [1.807, 2.05) is 6.92 Å². The lowest BCUT2D eigenvalue weighted by Gasteiger charge is -2.24. The Kier molecular flexibility index (Phi) is 8.21. The Bertz CT molecular complexity index is 413. The third-order valence-electron chi connectivity index (χ3n) is 3.13. The number of carbonyl (C=O) groups is 2. The third kappa shape index (κ3) is 6.15. The van der Waals surface area contributed by atoms with Gasteiger partial charge in [-0.05, 0) is 5.92 Å². The standard InChI is InChI=1S/C13H25N3O6/c1-7-9(4)11(12(17)18)15(6)16(20)14-22-10(5)21-13(19)8(2)3/h8-11H,7H2,1-6H3,(H,17,18)/b16-14-/t9-,10?,11+/m1/s1. The van der Waals surface area contributed by atoms with Crippen LogP contribution in [0, 0.1) is 17.0 Å². The summed E-state index contributed by atoms with van der Waals surface area (Å²) in [5, 5.41) is 25.1. The maximum absolute atomic E-state index is 11.8. The van der Waals surface area contributed by atoms with Crippen LogP contribution in [-0.2, 0) is 19.2 Å². The molecule has 1 unspecified atom stereocenters. The lowest BCUT2D eigenvalue weighted by atomic mass is 9.99. The average Bonchev–Trinajstić information content (AvgIpc) is 2.43. The Morgan fingerprint density at radius 2 is 1.86 bits per heavy atom. The largest absolute Gasteiger partial charge is 0.569 e. The lowest BCUT2D eigenvalue weighted by Crippen LogP contribution is -2.46. The molecule has 0 aliphatic heterocycles. The van der Waals surface area contributed by atoms with Crippen LogP contribution in [0.4, 0.5) is 0 Å². The first-order chi connectivity index (χ1) is 10.1. The third-order valence-corrected chi connectivity index (χ3v) is 3.13. The van der Waals surface area contributed by atoms with Crippen LogP contribution in [0.2, 0.25) is 0 Å². The number of hydrogen-bond donors (Lipinski definition) is 1. The smallest absolute Gasteiger partial charge is 0.332 e. The van der Waals surface area contributed by atoms with E-state index in [2.05, 4.69) is 5.28 Å². The quantitative estimate of drug-likeness (QED) is 0.226. The first kappa shape index (κ1) is 19.9. The Morgan fingerprint density at radius 1 is 1.32 bits per heavy atom. The van der Waals surface area contributed by atoms with Gasteiger partial charge in [-0.15, -0.1) is 5.01 Å². The summed E-state index contributed by atoms with van der Waals surface area (Å²) in [5.41, 5.74) is 0. The number of carboxylic acid groups (broad SMARTS) is 1. The molecule has 0 aliphatic carbocycles. The molecule has 0 bridgehead atoms. The summed E-state index contributed by atoms with van der Waals surface area (Å²) < 4.78 is 4.86. The molecular formula is C13H25N3O6. The number of aliphatic carboxylic acids is 1. The molecule has 9 nitrogen and oxygen atoms in total. The van der Waals surface area contributed by atoms with E-state index in [-0.39, 0.29) is 16.8 Å². The molecule has 1 N–H and O–H groups in total. The van der Waals surface area contributed by atoms with Crippen LogP contribution in [-0.4, -0.2) is 46.4 Å². The zero-order valence-corrected chi connectivity index (χ0v) is 13.8. The molecule has 22 heavy (non-hydrogen) atoms. The summed E-state index contributed by atoms with van der Waals surface area (Å²) in [6.45, 7) is 8.26. The number of hydrogen-bond acceptors (Lipinski definition) is 6. The molecule has 0 aromatic heterocycles. The molecule has 0 aromatic rings. The molecule has 128 valence electrons. The van der Waals surface area contributed by atoms with Crippen molar-refractivity contribution in [1.29, 1.82) is 0 Å². The minimum Gasteiger partial charge on any atom is -0.569 e. The van der Waals surface area contributed by atoms with Gasteiger partial charge in [-0.1, -0.05) is 34.1 Å². The molecule has 0 saturated carbocycles. The van der Waals surface area contributed by atoms with Crippen LogP contribution < -0.4 is 0 Å². The van der Waals surface area contributed by atoms with Crippen LogP contribution in [0.25, 0.3) is 0 Å². The Morgan fingerprint density at radius 3 is 2.27 bits per heavy atom. The monoisotopic (exact) mass is 319 g/mol. The fourth-order valence-corrected chi connectivity index (χ4v) is 1.59. The van der Waals surface area contributed by atoms with Crippen molar-refractivity contribution in [2.24, 2.45) is 17.1 Å². The highest BCUT2D eigenvalue weighted by molar-refractivity contribution is 5.73. The predicted octanol–water partition coefficient (Wildman–Crippen LogP) is 1.77. The van der Waals surface area contributed by atoms with Gasteiger partial charge in [0.05, 0.1) is 17.9 Å². The molecule has 3 atom stereocenters. The highest BCUT2D eigenvalue weighted by Gasteiger charge is 2.33. The molecule has 0 radical (unpaired) electrons. The highest BCUT2D eigenvalue weighted by atomic mass is 16.8. The van der Waals surface area contributed by atoms with Crippen LogP contribution in [0.15, 0.2) is 5.28 Å². The van der Waals surface area contributed by atoms with Gasteiger partial charge in [0.15, 0.2) is 6.04 Å². The topological polar surface area (TPSA) is 114 Å². The van der Waals surface area contributed by atoms with Gasteiger partial charge in [-0.3, -0.25) is 9.63 Å². The number of hydrazine groups is 1. The van der Waals surface area contributed by atoms with Crippen molar-refractivity contribution in [3.05, 3.63) is 5.21 Å². The maximum Gasteiger partial charge on any atom is 0.332 e. The van der Waals surface area contributed by atoms with E-state index in [0.29, 0.717) is 6.42 Å². The maximum atomic E-state index is 11.8. The van der Waals surface area contributed by atoms with Crippen molar-refractivity contribution >= 4 is 11.9 Å². The summed E-state index contributed by atoms with van der Waals surface area (Å²) in [6.07, 6.45) is -0.468. The Balaban J connectivity index is 4.75. The van der Waals surface area contributed by atoms with E-state index < -0.39 is 24.3 Å². The average molecular weight is 319 g/mol. The van der Waals surface area contributed by atoms with Crippen LogP contribution in [0.3, 0.4) is 0 Å². The fraction of sp³-hybridized carbons (Fsp3) is 0.846. The van der Waals surface area contributed by atoms with Crippen molar-refractivity contribution in [1.82, 2.24) is 5.01 Å². The van der Waals surface area contributed by atoms with E-state index in [0.717, 1.165) is 5.01 Å². The van der Waals surface area contributed by atoms with Crippen molar-refractivity contribution in [2.75, 3.05) is 7.05 Å². The molecule has 0 saturated heterocycles. The second kappa shape index (κ2) is 9.06. The fourth-order valence-electron chi connectivity index (χ4n) is 1.59. The second-order valence-corrected chi connectivity index (χ2v) is 5.34. The summed E-state index contributed by atoms with van der Waals surface area (Å²) in [7, 11) is 1.30. The van der Waals surface area contributed by atoms with Gasteiger partial charge in [0.2, 0.25) is 5.28 Å². The zero-order valence-electron chi connectivity index (χ0n) is 13.8. The lowest BCUT2D eigenvalue weighted by molar-refractivity contribution is -0.713. The number of nitrogens with zero attached hydrogens (tertiary/aromatic N) is 3. The van der Waals surface area contributed by atoms with E-state index in [9.17, 15) is 19.9 Å². The van der Waals surface area contributed by atoms with E-state index in [1.54, 1.807) is 20.8 Å². The summed E-state index contributed by atoms with van der Waals surface area (Å²) >= 11 is 0. The van der Waals surface area contributed by atoms with Crippen LogP contribution in [0.1, 0.15) is 41.0 Å². The van der Waals surface area contributed by atoms with E-state index >= 15 is 0 Å². The molecule has 0 amide bonds. The Labute approximate surface area is 130 Å². The van der Waals surface area contributed by atoms with Crippen LogP contribution >= 0.6 is 0 Å². The van der Waals surface area contributed by atoms with Gasteiger partial charge in [0.25, 0.3) is 6.29 Å². The van der Waals surface area contributed by atoms with Crippen molar-refractivity contribution in [3.8, 4) is 0 Å². The van der Waals surface area contributed by atoms with Gasteiger partial charge in [0.1, 0.15) is 0 Å². The van der Waals surface area contributed by atoms with E-state index in [4.69, 9.17) is 9.57 Å². The minimum atomic E-state index is -1.13. The first-order valence-corrected chi connectivity index (χ1v) is 7.11. The number of esters is 1. The van der Waals surface area contributed by atoms with Crippen LogP contribution in [0.5, 0.6) is 0 Å². The summed E-state index contributed by atoms with van der Waals surface area (Å²) in [5.74, 6) is -2.21. The van der Waals surface area contributed by atoms with Gasteiger partial charge < -0.3 is 15.1 Å². The molecule has 0 aromatic carbocycles. The SMILES string of the molecule is CC[C@@H](C)[C@@H](C(=O)O)N(C)/[N+]([O-])=N/OC(C)OC(=O)C(C)C. The number of ether oxygens (including phenoxy) is 1. The highest BCUT2D eigenvalue weighted by Crippen LogP contribution is 2.14. The predicted molar refractivity (Wildman–Crippen MR) is 76.2 cm³/mol. The molecular weight excluding hydrogens is 294 g/mol. The minimum absolute atomic E-state index is 0.0324. The molecule has 0 fully saturated rings. The molecule has 0 spiro atoms. The summed E-state index contributed by atoms with van der Waals surface area (Å²) in [4.78, 5) is 27.4. The normalized spacial score (nSPS) is 15.9. The molecule has 9 heteroatoms. The Hall–Kier alpha value is -2.06. The second-order valence-electron chi connectivity index (χ2n) is 5.34. The first-order valence-electron chi connectivity index (χ1n) is 7.11. The number of carbonyl (C=O) groups excluding carboxylic acids is 1. The van der Waals surface area contributed by atoms with Gasteiger partial charge in [-0.25, -0.2) is 4.79 Å². The van der Waals surface area contributed by atoms with E-state index in [1.165, 1.54) is 14.0 Å². The zero-order chi connectivity index (χ0) is 17.4. The van der Waals surface area contributed by atoms with Crippen molar-refractivity contribution < 1.29 is 29.2 Å². The number of rotatable bonds is 9. The van der Waals surface area contributed by atoms with Crippen molar-refractivity contribution in [2.45, 2.75) is 53.4 Å². The molecule has 0 rings (SSSR count). The molecule has 0 aliphatic rings. The number of likely N-dealkylation sites (N-methyl/N-ethyl adjacent to an activating group) is 1. The van der Waals surface area contributed by atoms with Gasteiger partial charge in [-0.2, -0.15) is 0 Å². The summed E-state index contributed by atoms with van der Waals surface area (Å²) in [6, 6.07) is -1.04. The van der Waals surface area contributed by atoms with Gasteiger partial charge in [0, 0.05) is 6.92 Å². The molecule has 0 heterocycles. The number of carboxylic acids is 1. The van der Waals surface area contributed by atoms with Crippen molar-refractivity contribution in [3.63, 3.8) is 0 Å². The van der Waals surface area contributed by atoms with Gasteiger partial charge >= 0.3 is 11.9 Å².